The number of nitrogens with one attached hydrogen (secondary N) is 1. The van der Waals surface area contributed by atoms with Crippen LogP contribution in [0.2, 0.25) is 0 Å². The van der Waals surface area contributed by atoms with E-state index in [1.165, 1.54) is 24.3 Å². The molecule has 0 radical (unpaired) electrons. The summed E-state index contributed by atoms with van der Waals surface area (Å²) >= 11 is 0. The summed E-state index contributed by atoms with van der Waals surface area (Å²) in [5.74, 6) is -0.981. The molecule has 4 nitrogen and oxygen atoms in total. The molecule has 0 aliphatic heterocycles. The van der Waals surface area contributed by atoms with Crippen LogP contribution in [0, 0.1) is 11.6 Å². The van der Waals surface area contributed by atoms with Crippen molar-refractivity contribution in [1.82, 2.24) is 9.88 Å². The summed E-state index contributed by atoms with van der Waals surface area (Å²) in [6.45, 7) is 0.801. The van der Waals surface area contributed by atoms with Gasteiger partial charge in [-0.3, -0.25) is 0 Å². The maximum Gasteiger partial charge on any atom is 0.199 e. The third kappa shape index (κ3) is 4.09. The predicted octanol–water partition coefficient (Wildman–Crippen LogP) is 5.38. The molecule has 30 heavy (non-hydrogen) atoms. The lowest BCUT2D eigenvalue weighted by Gasteiger charge is -2.10. The zero-order valence-corrected chi connectivity index (χ0v) is 16.7. The number of nitrogens with zero attached hydrogens (tertiary/aromatic N) is 2. The highest BCUT2D eigenvalue weighted by molar-refractivity contribution is 6.21. The van der Waals surface area contributed by atoms with Crippen molar-refractivity contribution in [1.29, 1.82) is 0 Å². The lowest BCUT2D eigenvalue weighted by Crippen LogP contribution is -2.10. The van der Waals surface area contributed by atoms with E-state index in [9.17, 15) is 13.9 Å². The predicted molar refractivity (Wildman–Crippen MR) is 115 cm³/mol. The molecule has 0 saturated carbocycles. The van der Waals surface area contributed by atoms with Crippen molar-refractivity contribution in [3.05, 3.63) is 95.1 Å². The highest BCUT2D eigenvalue weighted by Crippen LogP contribution is 2.32. The lowest BCUT2D eigenvalue weighted by atomic mass is 10.0. The molecular weight excluding hydrogens is 384 g/mol. The Balaban J connectivity index is 1.88. The average Bonchev–Trinajstić information content (AvgIpc) is 3.01. The van der Waals surface area contributed by atoms with Crippen LogP contribution in [0.3, 0.4) is 0 Å². The quantitative estimate of drug-likeness (QED) is 0.438. The first-order chi connectivity index (χ1) is 14.4. The summed E-state index contributed by atoms with van der Waals surface area (Å²) in [6.07, 6.45) is 0. The third-order valence-corrected chi connectivity index (χ3v) is 4.75. The maximum absolute atomic E-state index is 14.0. The smallest absolute Gasteiger partial charge is 0.199 e. The van der Waals surface area contributed by atoms with Gasteiger partial charge >= 0.3 is 0 Å². The van der Waals surface area contributed by atoms with Crippen molar-refractivity contribution in [3.8, 4) is 5.88 Å². The molecule has 0 unspecified atom stereocenters. The van der Waals surface area contributed by atoms with Crippen LogP contribution in [0.5, 0.6) is 5.88 Å². The number of aliphatic imine (C=N–C) groups is 1. The van der Waals surface area contributed by atoms with Crippen LogP contribution in [0.25, 0.3) is 10.9 Å². The minimum Gasteiger partial charge on any atom is -0.494 e. The molecule has 0 aliphatic carbocycles. The first-order valence-electron chi connectivity index (χ1n) is 9.49. The van der Waals surface area contributed by atoms with Crippen molar-refractivity contribution in [2.24, 2.45) is 4.99 Å². The maximum atomic E-state index is 14.0. The van der Waals surface area contributed by atoms with Gasteiger partial charge in [0.1, 0.15) is 11.6 Å². The summed E-state index contributed by atoms with van der Waals surface area (Å²) in [4.78, 5) is 9.58. The Kier molecular flexibility index (Phi) is 5.33. The van der Waals surface area contributed by atoms with Crippen LogP contribution in [-0.4, -0.2) is 34.8 Å². The van der Waals surface area contributed by atoms with Crippen molar-refractivity contribution >= 4 is 22.3 Å². The molecule has 0 spiro atoms. The minimum absolute atomic E-state index is 0.150. The molecule has 0 saturated heterocycles. The molecule has 4 rings (SSSR count). The zero-order valence-electron chi connectivity index (χ0n) is 16.7. The highest BCUT2D eigenvalue weighted by Gasteiger charge is 2.19. The number of aromatic hydroxyl groups is 1. The topological polar surface area (TPSA) is 51.6 Å². The Hall–Kier alpha value is -3.51. The number of H-pyrrole nitrogens is 1. The van der Waals surface area contributed by atoms with Gasteiger partial charge in [0.2, 0.25) is 0 Å². The van der Waals surface area contributed by atoms with Gasteiger partial charge in [0.25, 0.3) is 0 Å². The monoisotopic (exact) mass is 405 g/mol. The molecule has 4 aromatic rings. The standard InChI is InChI=1S/C24H21F2N3O/c1-29(2)14-15-6-9-19(10-7-15)27-23(16-4-3-5-17(25)12-16)22-20-11-8-18(26)13-21(20)28-24(22)30/h3-13,28,30H,14H2,1-2H3. The number of benzene rings is 3. The van der Waals surface area contributed by atoms with Crippen LogP contribution in [0.1, 0.15) is 16.7 Å². The fraction of sp³-hybridized carbons (Fsp3) is 0.125. The van der Waals surface area contributed by atoms with Crippen molar-refractivity contribution in [2.45, 2.75) is 6.54 Å². The Morgan fingerprint density at radius 1 is 0.967 bits per heavy atom. The van der Waals surface area contributed by atoms with E-state index in [1.807, 2.05) is 38.4 Å². The van der Waals surface area contributed by atoms with Gasteiger partial charge in [-0.1, -0.05) is 24.3 Å². The Morgan fingerprint density at radius 3 is 2.40 bits per heavy atom. The van der Waals surface area contributed by atoms with E-state index in [2.05, 4.69) is 9.88 Å². The summed E-state index contributed by atoms with van der Waals surface area (Å²) in [6, 6.07) is 17.9. The lowest BCUT2D eigenvalue weighted by molar-refractivity contribution is 0.402. The fourth-order valence-electron chi connectivity index (χ4n) is 3.47. The fourth-order valence-corrected chi connectivity index (χ4v) is 3.47. The first kappa shape index (κ1) is 19.8. The molecule has 0 amide bonds. The molecule has 1 heterocycles. The van der Waals surface area contributed by atoms with Gasteiger partial charge in [-0.25, -0.2) is 13.8 Å². The van der Waals surface area contributed by atoms with Crippen LogP contribution in [0.15, 0.2) is 71.7 Å². The molecule has 3 aromatic carbocycles. The van der Waals surface area contributed by atoms with E-state index in [0.717, 1.165) is 12.1 Å². The molecule has 152 valence electrons. The Labute approximate surface area is 173 Å². The zero-order chi connectivity index (χ0) is 21.3. The normalized spacial score (nSPS) is 12.1. The third-order valence-electron chi connectivity index (χ3n) is 4.75. The summed E-state index contributed by atoms with van der Waals surface area (Å²) in [5.41, 5.74) is 3.53. The van der Waals surface area contributed by atoms with E-state index in [-0.39, 0.29) is 5.88 Å². The second-order valence-corrected chi connectivity index (χ2v) is 7.41. The summed E-state index contributed by atoms with van der Waals surface area (Å²) < 4.78 is 27.6. The van der Waals surface area contributed by atoms with Gasteiger partial charge in [0.15, 0.2) is 5.88 Å². The largest absolute Gasteiger partial charge is 0.494 e. The van der Waals surface area contributed by atoms with Crippen molar-refractivity contribution in [2.75, 3.05) is 14.1 Å². The van der Waals surface area contributed by atoms with E-state index in [0.29, 0.717) is 33.4 Å². The van der Waals surface area contributed by atoms with Crippen LogP contribution < -0.4 is 0 Å². The molecule has 1 aromatic heterocycles. The average molecular weight is 405 g/mol. The van der Waals surface area contributed by atoms with Crippen LogP contribution >= 0.6 is 0 Å². The minimum atomic E-state index is -0.420. The molecular formula is C24H21F2N3O. The van der Waals surface area contributed by atoms with Crippen molar-refractivity contribution in [3.63, 3.8) is 0 Å². The SMILES string of the molecule is CN(C)Cc1ccc(N=C(c2cccc(F)c2)c2c(O)[nH]c3cc(F)ccc23)cc1. The van der Waals surface area contributed by atoms with Gasteiger partial charge in [-0.15, -0.1) is 0 Å². The number of fused-ring (bicyclic) bond motifs is 1. The van der Waals surface area contributed by atoms with Crippen LogP contribution in [0.4, 0.5) is 14.5 Å². The number of rotatable bonds is 5. The number of hydrogen-bond acceptors (Lipinski definition) is 3. The van der Waals surface area contributed by atoms with E-state index < -0.39 is 11.6 Å². The van der Waals surface area contributed by atoms with Crippen molar-refractivity contribution < 1.29 is 13.9 Å². The van der Waals surface area contributed by atoms with Gasteiger partial charge in [0.05, 0.1) is 22.5 Å². The summed E-state index contributed by atoms with van der Waals surface area (Å²) in [5, 5.41) is 11.2. The van der Waals surface area contributed by atoms with Gasteiger partial charge in [-0.05, 0) is 62.1 Å². The second-order valence-electron chi connectivity index (χ2n) is 7.41. The molecule has 2 N–H and O–H groups in total. The molecule has 0 bridgehead atoms. The molecule has 6 heteroatoms. The van der Waals surface area contributed by atoms with Gasteiger partial charge in [-0.2, -0.15) is 0 Å². The molecule has 0 aliphatic rings. The number of hydrogen-bond donors (Lipinski definition) is 2. The Bertz CT molecular complexity index is 1230. The summed E-state index contributed by atoms with van der Waals surface area (Å²) in [7, 11) is 3.99. The second kappa shape index (κ2) is 8.08. The van der Waals surface area contributed by atoms with Crippen LogP contribution in [-0.2, 0) is 6.54 Å². The Morgan fingerprint density at radius 2 is 1.70 bits per heavy atom. The van der Waals surface area contributed by atoms with E-state index in [4.69, 9.17) is 4.99 Å². The first-order valence-corrected chi connectivity index (χ1v) is 9.49. The highest BCUT2D eigenvalue weighted by atomic mass is 19.1. The van der Waals surface area contributed by atoms with Gasteiger partial charge in [0, 0.05) is 17.5 Å². The number of aromatic amines is 1. The number of halogens is 2. The van der Waals surface area contributed by atoms with Gasteiger partial charge < -0.3 is 15.0 Å². The van der Waals surface area contributed by atoms with E-state index >= 15 is 0 Å². The number of aromatic nitrogens is 1. The van der Waals surface area contributed by atoms with E-state index in [1.54, 1.807) is 18.2 Å². The molecule has 0 fully saturated rings. The molecule has 0 atom stereocenters.